The van der Waals surface area contributed by atoms with Gasteiger partial charge in [-0.25, -0.2) is 0 Å². The minimum absolute atomic E-state index is 0.0336. The largest absolute Gasteiger partial charge is 0.482 e. The number of rotatable bonds is 6. The molecule has 36 heavy (non-hydrogen) atoms. The van der Waals surface area contributed by atoms with Gasteiger partial charge in [0.05, 0.1) is 21.2 Å². The van der Waals surface area contributed by atoms with Crippen LogP contribution in [-0.4, -0.2) is 22.7 Å². The molecule has 1 saturated heterocycles. The summed E-state index contributed by atoms with van der Waals surface area (Å²) in [6.45, 7) is -0.260. The number of alkyl halides is 3. The Kier molecular flexibility index (Phi) is 7.67. The second-order valence-electron chi connectivity index (χ2n) is 7.46. The molecule has 3 aromatic carbocycles. The Labute approximate surface area is 218 Å². The first-order chi connectivity index (χ1) is 17.1. The van der Waals surface area contributed by atoms with Crippen molar-refractivity contribution in [2.24, 2.45) is 0 Å². The number of thiocarbonyl (C=S) groups is 1. The average molecular weight is 549 g/mol. The summed E-state index contributed by atoms with van der Waals surface area (Å²) in [5, 5.41) is 2.91. The molecule has 1 aliphatic rings. The van der Waals surface area contributed by atoms with Gasteiger partial charge in [-0.1, -0.05) is 65.9 Å². The Morgan fingerprint density at radius 2 is 1.83 bits per heavy atom. The molecule has 1 fully saturated rings. The van der Waals surface area contributed by atoms with Crippen LogP contribution in [0, 0.1) is 0 Å². The molecule has 0 saturated carbocycles. The van der Waals surface area contributed by atoms with Gasteiger partial charge in [-0.2, -0.15) is 13.2 Å². The molecule has 4 rings (SSSR count). The van der Waals surface area contributed by atoms with Crippen molar-refractivity contribution in [2.75, 3.05) is 16.8 Å². The Morgan fingerprint density at radius 3 is 2.53 bits per heavy atom. The van der Waals surface area contributed by atoms with Gasteiger partial charge in [0.15, 0.2) is 10.9 Å². The van der Waals surface area contributed by atoms with Crippen LogP contribution in [0.1, 0.15) is 11.1 Å². The van der Waals surface area contributed by atoms with Gasteiger partial charge in [-0.15, -0.1) is 0 Å². The summed E-state index contributed by atoms with van der Waals surface area (Å²) in [5.41, 5.74) is 0.338. The van der Waals surface area contributed by atoms with E-state index in [1.165, 1.54) is 18.2 Å². The number of benzene rings is 3. The van der Waals surface area contributed by atoms with Gasteiger partial charge < -0.3 is 10.1 Å². The number of carbonyl (C=O) groups excluding carboxylic acids is 2. The molecule has 0 bridgehead atoms. The van der Waals surface area contributed by atoms with Crippen molar-refractivity contribution >= 4 is 69.2 Å². The monoisotopic (exact) mass is 548 g/mol. The van der Waals surface area contributed by atoms with Crippen LogP contribution < -0.4 is 15.0 Å². The fourth-order valence-electron chi connectivity index (χ4n) is 3.25. The smallest absolute Gasteiger partial charge is 0.416 e. The minimum Gasteiger partial charge on any atom is -0.482 e. The predicted molar refractivity (Wildman–Crippen MR) is 139 cm³/mol. The number of para-hydroxylation sites is 1. The molecular weight excluding hydrogens is 533 g/mol. The summed E-state index contributed by atoms with van der Waals surface area (Å²) in [6.07, 6.45) is -3.01. The lowest BCUT2D eigenvalue weighted by atomic mass is 10.1. The second kappa shape index (κ2) is 10.7. The quantitative estimate of drug-likeness (QED) is 0.272. The summed E-state index contributed by atoms with van der Waals surface area (Å²) in [7, 11) is 0. The maximum Gasteiger partial charge on any atom is 0.416 e. The van der Waals surface area contributed by atoms with Crippen LogP contribution in [0.5, 0.6) is 5.75 Å². The van der Waals surface area contributed by atoms with E-state index in [2.05, 4.69) is 5.32 Å². The molecular formula is C25H16ClF3N2O3S2. The molecule has 1 aliphatic heterocycles. The molecule has 0 spiro atoms. The zero-order valence-electron chi connectivity index (χ0n) is 18.2. The number of hydrogen-bond acceptors (Lipinski definition) is 5. The highest BCUT2D eigenvalue weighted by Gasteiger charge is 2.36. The van der Waals surface area contributed by atoms with Crippen LogP contribution in [0.2, 0.25) is 5.02 Å². The maximum atomic E-state index is 13.1. The lowest BCUT2D eigenvalue weighted by molar-refractivity contribution is -0.137. The van der Waals surface area contributed by atoms with Crippen LogP contribution in [0.3, 0.4) is 0 Å². The first-order valence-electron chi connectivity index (χ1n) is 10.3. The Hall–Kier alpha value is -3.34. The van der Waals surface area contributed by atoms with Crippen molar-refractivity contribution in [3.63, 3.8) is 0 Å². The predicted octanol–water partition coefficient (Wildman–Crippen LogP) is 6.78. The lowest BCUT2D eigenvalue weighted by Gasteiger charge is -2.16. The average Bonchev–Trinajstić information content (AvgIpc) is 3.11. The number of halogens is 4. The highest BCUT2D eigenvalue weighted by molar-refractivity contribution is 8.27. The molecule has 1 N–H and O–H groups in total. The SMILES string of the molecule is O=C(COc1ccc(/C=C2\SC(=S)N(c3cccc(C(F)(F)F)c3)C2=O)cc1Cl)Nc1ccccc1. The van der Waals surface area contributed by atoms with Crippen molar-refractivity contribution in [3.8, 4) is 5.75 Å². The van der Waals surface area contributed by atoms with E-state index in [0.29, 0.717) is 11.3 Å². The van der Waals surface area contributed by atoms with Crippen molar-refractivity contribution in [1.29, 1.82) is 0 Å². The van der Waals surface area contributed by atoms with Crippen molar-refractivity contribution in [1.82, 2.24) is 0 Å². The number of nitrogens with one attached hydrogen (secondary N) is 1. The molecule has 0 atom stereocenters. The van der Waals surface area contributed by atoms with E-state index in [4.69, 9.17) is 28.6 Å². The number of thioether (sulfide) groups is 1. The topological polar surface area (TPSA) is 58.6 Å². The van der Waals surface area contributed by atoms with Gasteiger partial charge in [-0.3, -0.25) is 14.5 Å². The third kappa shape index (κ3) is 6.07. The van der Waals surface area contributed by atoms with Crippen molar-refractivity contribution in [2.45, 2.75) is 6.18 Å². The van der Waals surface area contributed by atoms with E-state index >= 15 is 0 Å². The van der Waals surface area contributed by atoms with Crippen LogP contribution in [0.25, 0.3) is 6.08 Å². The molecule has 184 valence electrons. The minimum atomic E-state index is -4.55. The van der Waals surface area contributed by atoms with E-state index in [1.54, 1.807) is 42.5 Å². The molecule has 0 aliphatic carbocycles. The summed E-state index contributed by atoms with van der Waals surface area (Å²) in [4.78, 5) is 26.3. The molecule has 0 radical (unpaired) electrons. The van der Waals surface area contributed by atoms with Crippen LogP contribution in [0.15, 0.2) is 77.7 Å². The molecule has 2 amide bonds. The first kappa shape index (κ1) is 25.7. The first-order valence-corrected chi connectivity index (χ1v) is 11.9. The fourth-order valence-corrected chi connectivity index (χ4v) is 4.79. The zero-order chi connectivity index (χ0) is 25.9. The third-order valence-corrected chi connectivity index (χ3v) is 6.49. The summed E-state index contributed by atoms with van der Waals surface area (Å²) < 4.78 is 44.9. The van der Waals surface area contributed by atoms with Crippen molar-refractivity contribution < 1.29 is 27.5 Å². The Bertz CT molecular complexity index is 1360. The van der Waals surface area contributed by atoms with E-state index in [-0.39, 0.29) is 38.2 Å². The van der Waals surface area contributed by atoms with Gasteiger partial charge in [0.2, 0.25) is 0 Å². The number of hydrogen-bond donors (Lipinski definition) is 1. The van der Waals surface area contributed by atoms with Gasteiger partial charge in [0.25, 0.3) is 11.8 Å². The van der Waals surface area contributed by atoms with Gasteiger partial charge in [-0.05, 0) is 54.1 Å². The standard InChI is InChI=1S/C25H16ClF3N2O3S2/c26-19-11-15(9-10-20(19)34-14-22(32)30-17-6-2-1-3-7-17)12-21-23(33)31(24(35)36-21)18-8-4-5-16(13-18)25(27,28)29/h1-13H,14H2,(H,30,32)/b21-12-. The van der Waals surface area contributed by atoms with E-state index < -0.39 is 17.6 Å². The van der Waals surface area contributed by atoms with Crippen LogP contribution >= 0.6 is 35.6 Å². The number of amides is 2. The van der Waals surface area contributed by atoms with Gasteiger partial charge in [0, 0.05) is 5.69 Å². The third-order valence-electron chi connectivity index (χ3n) is 4.90. The maximum absolute atomic E-state index is 13.1. The molecule has 0 unspecified atom stereocenters. The van der Waals surface area contributed by atoms with Crippen molar-refractivity contribution in [3.05, 3.63) is 93.9 Å². The normalized spacial score (nSPS) is 14.9. The highest BCUT2D eigenvalue weighted by Crippen LogP contribution is 2.39. The second-order valence-corrected chi connectivity index (χ2v) is 9.54. The highest BCUT2D eigenvalue weighted by atomic mass is 35.5. The summed E-state index contributed by atoms with van der Waals surface area (Å²) >= 11 is 12.5. The van der Waals surface area contributed by atoms with Crippen LogP contribution in [-0.2, 0) is 15.8 Å². The van der Waals surface area contributed by atoms with E-state index in [9.17, 15) is 22.8 Å². The molecule has 5 nitrogen and oxygen atoms in total. The Morgan fingerprint density at radius 1 is 1.08 bits per heavy atom. The van der Waals surface area contributed by atoms with E-state index in [1.807, 2.05) is 6.07 Å². The zero-order valence-corrected chi connectivity index (χ0v) is 20.6. The molecule has 0 aromatic heterocycles. The summed E-state index contributed by atoms with van der Waals surface area (Å²) in [5.74, 6) is -0.633. The van der Waals surface area contributed by atoms with E-state index in [0.717, 1.165) is 28.8 Å². The van der Waals surface area contributed by atoms with Gasteiger partial charge in [0.1, 0.15) is 5.75 Å². The van der Waals surface area contributed by atoms with Gasteiger partial charge >= 0.3 is 6.18 Å². The van der Waals surface area contributed by atoms with Crippen LogP contribution in [0.4, 0.5) is 24.5 Å². The molecule has 11 heteroatoms. The fraction of sp³-hybridized carbons (Fsp3) is 0.0800. The number of ether oxygens (including phenoxy) is 1. The number of carbonyl (C=O) groups is 2. The number of anilines is 2. The lowest BCUT2D eigenvalue weighted by Crippen LogP contribution is -2.27. The molecule has 3 aromatic rings. The summed E-state index contributed by atoms with van der Waals surface area (Å²) in [6, 6.07) is 18.0. The Balaban J connectivity index is 1.45. The number of nitrogens with zero attached hydrogens (tertiary/aromatic N) is 1. The molecule has 1 heterocycles.